The minimum atomic E-state index is -0.142. The average Bonchev–Trinajstić information content (AvgIpc) is 2.70. The van der Waals surface area contributed by atoms with Crippen molar-refractivity contribution in [3.63, 3.8) is 0 Å². The van der Waals surface area contributed by atoms with Crippen molar-refractivity contribution in [2.45, 2.75) is 27.7 Å². The van der Waals surface area contributed by atoms with Gasteiger partial charge < -0.3 is 5.32 Å². The van der Waals surface area contributed by atoms with E-state index in [1.807, 2.05) is 82.3 Å². The third-order valence-electron chi connectivity index (χ3n) is 5.27. The molecule has 0 aliphatic rings. The van der Waals surface area contributed by atoms with Crippen LogP contribution >= 0.6 is 11.6 Å². The Kier molecular flexibility index (Phi) is 5.31. The molecule has 3 aromatic carbocycles. The van der Waals surface area contributed by atoms with Gasteiger partial charge in [-0.1, -0.05) is 47.5 Å². The molecule has 0 radical (unpaired) electrons. The van der Waals surface area contributed by atoms with E-state index in [4.69, 9.17) is 16.6 Å². The van der Waals surface area contributed by atoms with Crippen molar-refractivity contribution in [1.29, 1.82) is 0 Å². The second-order valence-corrected chi connectivity index (χ2v) is 8.25. The second-order valence-electron chi connectivity index (χ2n) is 7.81. The standard InChI is InChI=1S/C26H23ClN2O/c1-15-5-6-17(3)23(13-15)29-26(30)22-14-24(19-7-9-20(27)10-8-19)28-25-18(4)11-16(2)12-21(22)25/h5-14H,1-4H3,(H,29,30). The SMILES string of the molecule is Cc1ccc(C)c(NC(=O)c2cc(-c3ccc(Cl)cc3)nc3c(C)cc(C)cc23)c1. The fraction of sp³-hybridized carbons (Fsp3) is 0.154. The summed E-state index contributed by atoms with van der Waals surface area (Å²) < 4.78 is 0. The maximum absolute atomic E-state index is 13.4. The monoisotopic (exact) mass is 414 g/mol. The Morgan fingerprint density at radius 3 is 2.30 bits per heavy atom. The summed E-state index contributed by atoms with van der Waals surface area (Å²) in [5.41, 5.74) is 8.20. The lowest BCUT2D eigenvalue weighted by molar-refractivity contribution is 0.102. The van der Waals surface area contributed by atoms with Gasteiger partial charge in [0.1, 0.15) is 0 Å². The van der Waals surface area contributed by atoms with Crippen LogP contribution in [0.2, 0.25) is 5.02 Å². The van der Waals surface area contributed by atoms with Crippen LogP contribution in [0.5, 0.6) is 0 Å². The smallest absolute Gasteiger partial charge is 0.256 e. The van der Waals surface area contributed by atoms with Crippen molar-refractivity contribution in [3.8, 4) is 11.3 Å². The number of hydrogen-bond acceptors (Lipinski definition) is 2. The van der Waals surface area contributed by atoms with Crippen LogP contribution in [0.25, 0.3) is 22.2 Å². The first-order valence-corrected chi connectivity index (χ1v) is 10.3. The topological polar surface area (TPSA) is 42.0 Å². The van der Waals surface area contributed by atoms with Crippen molar-refractivity contribution < 1.29 is 4.79 Å². The summed E-state index contributed by atoms with van der Waals surface area (Å²) >= 11 is 6.05. The van der Waals surface area contributed by atoms with Gasteiger partial charge in [0.05, 0.1) is 16.8 Å². The summed E-state index contributed by atoms with van der Waals surface area (Å²) in [5, 5.41) is 4.62. The third-order valence-corrected chi connectivity index (χ3v) is 5.53. The van der Waals surface area contributed by atoms with Crippen LogP contribution in [0.1, 0.15) is 32.6 Å². The van der Waals surface area contributed by atoms with E-state index < -0.39 is 0 Å². The molecule has 4 aromatic rings. The van der Waals surface area contributed by atoms with Crippen LogP contribution in [-0.2, 0) is 0 Å². The van der Waals surface area contributed by atoms with Gasteiger partial charge in [-0.3, -0.25) is 4.79 Å². The molecular weight excluding hydrogens is 392 g/mol. The van der Waals surface area contributed by atoms with E-state index in [2.05, 4.69) is 11.4 Å². The van der Waals surface area contributed by atoms with Crippen LogP contribution in [0, 0.1) is 27.7 Å². The highest BCUT2D eigenvalue weighted by Crippen LogP contribution is 2.29. The number of carbonyl (C=O) groups is 1. The molecule has 0 atom stereocenters. The predicted octanol–water partition coefficient (Wildman–Crippen LogP) is 7.04. The molecule has 1 amide bonds. The molecule has 0 unspecified atom stereocenters. The van der Waals surface area contributed by atoms with E-state index in [1.165, 1.54) is 0 Å². The van der Waals surface area contributed by atoms with Crippen LogP contribution in [0.15, 0.2) is 60.7 Å². The first kappa shape index (κ1) is 20.1. The quantitative estimate of drug-likeness (QED) is 0.390. The first-order valence-electron chi connectivity index (χ1n) is 9.88. The molecule has 150 valence electrons. The number of amides is 1. The largest absolute Gasteiger partial charge is 0.322 e. The van der Waals surface area contributed by atoms with Crippen LogP contribution in [0.4, 0.5) is 5.69 Å². The number of rotatable bonds is 3. The van der Waals surface area contributed by atoms with E-state index in [-0.39, 0.29) is 5.91 Å². The average molecular weight is 415 g/mol. The Bertz CT molecular complexity index is 1280. The molecule has 1 aromatic heterocycles. The molecule has 3 nitrogen and oxygen atoms in total. The van der Waals surface area contributed by atoms with Crippen LogP contribution in [0.3, 0.4) is 0 Å². The molecule has 4 heteroatoms. The Hall–Kier alpha value is -3.17. The van der Waals surface area contributed by atoms with Gasteiger partial charge in [0, 0.05) is 21.7 Å². The lowest BCUT2D eigenvalue weighted by Gasteiger charge is -2.14. The second kappa shape index (κ2) is 7.92. The van der Waals surface area contributed by atoms with Gasteiger partial charge in [0.25, 0.3) is 5.91 Å². The molecule has 0 saturated carbocycles. The number of benzene rings is 3. The third kappa shape index (κ3) is 3.94. The minimum absolute atomic E-state index is 0.142. The molecule has 0 fully saturated rings. The maximum Gasteiger partial charge on any atom is 0.256 e. The van der Waals surface area contributed by atoms with E-state index >= 15 is 0 Å². The summed E-state index contributed by atoms with van der Waals surface area (Å²) in [6, 6.07) is 19.5. The number of aromatic nitrogens is 1. The normalized spacial score (nSPS) is 11.0. The van der Waals surface area contributed by atoms with E-state index in [0.717, 1.165) is 50.1 Å². The zero-order valence-corrected chi connectivity index (χ0v) is 18.3. The van der Waals surface area contributed by atoms with Gasteiger partial charge in [-0.25, -0.2) is 4.98 Å². The first-order chi connectivity index (χ1) is 14.3. The maximum atomic E-state index is 13.4. The molecule has 30 heavy (non-hydrogen) atoms. The summed E-state index contributed by atoms with van der Waals surface area (Å²) in [5.74, 6) is -0.142. The van der Waals surface area contributed by atoms with Gasteiger partial charge >= 0.3 is 0 Å². The fourth-order valence-electron chi connectivity index (χ4n) is 3.70. The molecule has 0 aliphatic carbocycles. The highest BCUT2D eigenvalue weighted by atomic mass is 35.5. The van der Waals surface area contributed by atoms with E-state index in [1.54, 1.807) is 0 Å². The van der Waals surface area contributed by atoms with Crippen molar-refractivity contribution >= 4 is 34.1 Å². The molecule has 0 aliphatic heterocycles. The van der Waals surface area contributed by atoms with Gasteiger partial charge in [-0.05, 0) is 74.7 Å². The lowest BCUT2D eigenvalue weighted by Crippen LogP contribution is -2.14. The number of nitrogens with one attached hydrogen (secondary N) is 1. The number of aryl methyl sites for hydroxylation is 4. The zero-order chi connectivity index (χ0) is 21.4. The summed E-state index contributed by atoms with van der Waals surface area (Å²) in [6.45, 7) is 8.07. The number of pyridine rings is 1. The van der Waals surface area contributed by atoms with Crippen LogP contribution in [-0.4, -0.2) is 10.9 Å². The number of halogens is 1. The Labute approximate surface area is 181 Å². The van der Waals surface area contributed by atoms with Crippen molar-refractivity contribution in [3.05, 3.63) is 93.5 Å². The van der Waals surface area contributed by atoms with Gasteiger partial charge in [0.2, 0.25) is 0 Å². The van der Waals surface area contributed by atoms with Crippen molar-refractivity contribution in [2.24, 2.45) is 0 Å². The van der Waals surface area contributed by atoms with Crippen molar-refractivity contribution in [1.82, 2.24) is 4.98 Å². The van der Waals surface area contributed by atoms with Gasteiger partial charge in [-0.2, -0.15) is 0 Å². The van der Waals surface area contributed by atoms with Crippen LogP contribution < -0.4 is 5.32 Å². The summed E-state index contributed by atoms with van der Waals surface area (Å²) in [4.78, 5) is 18.3. The molecular formula is C26H23ClN2O. The zero-order valence-electron chi connectivity index (χ0n) is 17.5. The van der Waals surface area contributed by atoms with Gasteiger partial charge in [0.15, 0.2) is 0 Å². The molecule has 1 heterocycles. The number of carbonyl (C=O) groups excluding carboxylic acids is 1. The summed E-state index contributed by atoms with van der Waals surface area (Å²) in [6.07, 6.45) is 0. The summed E-state index contributed by atoms with van der Waals surface area (Å²) in [7, 11) is 0. The molecule has 1 N–H and O–H groups in total. The number of anilines is 1. The molecule has 0 bridgehead atoms. The molecule has 0 saturated heterocycles. The van der Waals surface area contributed by atoms with E-state index in [9.17, 15) is 4.79 Å². The number of fused-ring (bicyclic) bond motifs is 1. The van der Waals surface area contributed by atoms with Gasteiger partial charge in [-0.15, -0.1) is 0 Å². The predicted molar refractivity (Wildman–Crippen MR) is 126 cm³/mol. The fourth-order valence-corrected chi connectivity index (χ4v) is 3.82. The number of hydrogen-bond donors (Lipinski definition) is 1. The Morgan fingerprint density at radius 1 is 0.833 bits per heavy atom. The highest BCUT2D eigenvalue weighted by Gasteiger charge is 2.17. The lowest BCUT2D eigenvalue weighted by atomic mass is 9.99. The Morgan fingerprint density at radius 2 is 1.57 bits per heavy atom. The number of nitrogens with zero attached hydrogens (tertiary/aromatic N) is 1. The Balaban J connectivity index is 1.89. The molecule has 4 rings (SSSR count). The van der Waals surface area contributed by atoms with E-state index in [0.29, 0.717) is 10.6 Å². The minimum Gasteiger partial charge on any atom is -0.322 e. The highest BCUT2D eigenvalue weighted by molar-refractivity contribution is 6.30. The molecule has 0 spiro atoms. The van der Waals surface area contributed by atoms with Crippen molar-refractivity contribution in [2.75, 3.05) is 5.32 Å².